The molecule has 1 aromatic rings. The number of nitrogens with one attached hydrogen (secondary N) is 1. The number of amides is 1. The van der Waals surface area contributed by atoms with Crippen molar-refractivity contribution in [3.05, 3.63) is 24.0 Å². The van der Waals surface area contributed by atoms with Gasteiger partial charge >= 0.3 is 0 Å². The first-order valence-electron chi connectivity index (χ1n) is 10.7. The summed E-state index contributed by atoms with van der Waals surface area (Å²) in [4.78, 5) is 23.9. The molecule has 3 rings (SSSR count). The molecule has 2 fully saturated rings. The van der Waals surface area contributed by atoms with Crippen LogP contribution in [0.5, 0.6) is 0 Å². The number of aryl methyl sites for hydroxylation is 1. The minimum absolute atomic E-state index is 0.318. The van der Waals surface area contributed by atoms with E-state index in [0.717, 1.165) is 71.2 Å². The molecule has 1 saturated heterocycles. The highest BCUT2D eigenvalue weighted by atomic mass is 16.2. The lowest BCUT2D eigenvalue weighted by molar-refractivity contribution is -0.139. The smallest absolute Gasteiger partial charge is 0.225 e. The summed E-state index contributed by atoms with van der Waals surface area (Å²) in [6.07, 6.45) is 5.48. The number of aliphatic imine (C=N–C) groups is 1. The Morgan fingerprint density at radius 1 is 1.29 bits per heavy atom. The van der Waals surface area contributed by atoms with Gasteiger partial charge < -0.3 is 19.7 Å². The van der Waals surface area contributed by atoms with E-state index in [2.05, 4.69) is 63.9 Å². The van der Waals surface area contributed by atoms with Crippen molar-refractivity contribution < 1.29 is 4.79 Å². The zero-order valence-corrected chi connectivity index (χ0v) is 17.7. The minimum Gasteiger partial charge on any atom is -0.357 e. The molecule has 2 aliphatic rings. The maximum Gasteiger partial charge on any atom is 0.225 e. The zero-order chi connectivity index (χ0) is 19.9. The number of carbonyl (C=O) groups is 1. The number of hydrogen-bond acceptors (Lipinski definition) is 3. The Morgan fingerprint density at radius 3 is 2.61 bits per heavy atom. The van der Waals surface area contributed by atoms with Crippen LogP contribution in [0.4, 0.5) is 0 Å². The van der Waals surface area contributed by atoms with Gasteiger partial charge in [0.05, 0.1) is 13.1 Å². The third-order valence-corrected chi connectivity index (χ3v) is 5.96. The van der Waals surface area contributed by atoms with Crippen molar-refractivity contribution >= 4 is 11.9 Å². The van der Waals surface area contributed by atoms with E-state index < -0.39 is 0 Å². The highest BCUT2D eigenvalue weighted by Crippen LogP contribution is 2.28. The SMILES string of the molecule is CCNC(=NCCN1CCN(C(=O)C2CCC2)CC1)N(C)Cc1cccn1C. The summed E-state index contributed by atoms with van der Waals surface area (Å²) in [6, 6.07) is 4.22. The molecule has 156 valence electrons. The van der Waals surface area contributed by atoms with Crippen molar-refractivity contribution in [2.45, 2.75) is 32.7 Å². The van der Waals surface area contributed by atoms with Crippen LogP contribution in [0.2, 0.25) is 0 Å². The quantitative estimate of drug-likeness (QED) is 0.566. The second-order valence-corrected chi connectivity index (χ2v) is 8.00. The fourth-order valence-corrected chi connectivity index (χ4v) is 3.85. The topological polar surface area (TPSA) is 56.1 Å². The molecule has 0 radical (unpaired) electrons. The lowest BCUT2D eigenvalue weighted by Gasteiger charge is -2.38. The van der Waals surface area contributed by atoms with E-state index in [9.17, 15) is 4.79 Å². The summed E-state index contributed by atoms with van der Waals surface area (Å²) in [5, 5.41) is 3.39. The number of aromatic nitrogens is 1. The first kappa shape index (κ1) is 20.7. The third-order valence-electron chi connectivity index (χ3n) is 5.96. The summed E-state index contributed by atoms with van der Waals surface area (Å²) in [6.45, 7) is 9.17. The van der Waals surface area contributed by atoms with Crippen molar-refractivity contribution in [3.8, 4) is 0 Å². The Bertz CT molecular complexity index is 658. The van der Waals surface area contributed by atoms with E-state index in [1.165, 1.54) is 12.1 Å². The van der Waals surface area contributed by atoms with Gasteiger partial charge in [0, 0.05) is 71.2 Å². The zero-order valence-electron chi connectivity index (χ0n) is 17.7. The Kier molecular flexibility index (Phi) is 7.36. The minimum atomic E-state index is 0.318. The molecule has 7 heteroatoms. The van der Waals surface area contributed by atoms with Gasteiger partial charge in [0.2, 0.25) is 5.91 Å². The van der Waals surface area contributed by atoms with Crippen LogP contribution in [0.15, 0.2) is 23.3 Å². The number of hydrogen-bond donors (Lipinski definition) is 1. The summed E-state index contributed by atoms with van der Waals surface area (Å²) in [7, 11) is 4.15. The number of rotatable bonds is 7. The molecule has 1 N–H and O–H groups in total. The van der Waals surface area contributed by atoms with Crippen LogP contribution in [0.3, 0.4) is 0 Å². The molecule has 28 heavy (non-hydrogen) atoms. The second kappa shape index (κ2) is 9.96. The lowest BCUT2D eigenvalue weighted by Crippen LogP contribution is -2.51. The highest BCUT2D eigenvalue weighted by molar-refractivity contribution is 5.80. The number of nitrogens with zero attached hydrogens (tertiary/aromatic N) is 5. The molecule has 1 aromatic heterocycles. The number of carbonyl (C=O) groups excluding carboxylic acids is 1. The summed E-state index contributed by atoms with van der Waals surface area (Å²) in [5.41, 5.74) is 1.26. The monoisotopic (exact) mass is 388 g/mol. The summed E-state index contributed by atoms with van der Waals surface area (Å²) < 4.78 is 2.14. The van der Waals surface area contributed by atoms with Crippen molar-refractivity contribution in [2.24, 2.45) is 18.0 Å². The molecular weight excluding hydrogens is 352 g/mol. The van der Waals surface area contributed by atoms with Crippen LogP contribution in [-0.4, -0.2) is 84.0 Å². The first-order valence-corrected chi connectivity index (χ1v) is 10.7. The van der Waals surface area contributed by atoms with Gasteiger partial charge in [0.1, 0.15) is 0 Å². The van der Waals surface area contributed by atoms with E-state index in [1.807, 2.05) is 0 Å². The molecule has 1 saturated carbocycles. The average Bonchev–Trinajstić information content (AvgIpc) is 3.04. The third kappa shape index (κ3) is 5.28. The van der Waals surface area contributed by atoms with Gasteiger partial charge in [0.25, 0.3) is 0 Å². The lowest BCUT2D eigenvalue weighted by atomic mass is 9.84. The maximum atomic E-state index is 12.4. The molecule has 1 amide bonds. The van der Waals surface area contributed by atoms with Crippen LogP contribution >= 0.6 is 0 Å². The van der Waals surface area contributed by atoms with E-state index in [-0.39, 0.29) is 0 Å². The largest absolute Gasteiger partial charge is 0.357 e. The molecular formula is C21H36N6O. The van der Waals surface area contributed by atoms with E-state index >= 15 is 0 Å². The maximum absolute atomic E-state index is 12.4. The van der Waals surface area contributed by atoms with Crippen molar-refractivity contribution in [1.29, 1.82) is 0 Å². The summed E-state index contributed by atoms with van der Waals surface area (Å²) >= 11 is 0. The van der Waals surface area contributed by atoms with Crippen molar-refractivity contribution in [1.82, 2.24) is 24.6 Å². The molecule has 2 heterocycles. The Morgan fingerprint density at radius 2 is 2.04 bits per heavy atom. The van der Waals surface area contributed by atoms with Crippen LogP contribution in [0.1, 0.15) is 31.9 Å². The van der Waals surface area contributed by atoms with Crippen molar-refractivity contribution in [3.63, 3.8) is 0 Å². The second-order valence-electron chi connectivity index (χ2n) is 8.00. The fraction of sp³-hybridized carbons (Fsp3) is 0.714. The van der Waals surface area contributed by atoms with Gasteiger partial charge in [-0.25, -0.2) is 0 Å². The standard InChI is InChI=1S/C21H36N6O/c1-4-22-21(25(3)17-19-9-6-11-24(19)2)23-10-12-26-13-15-27(16-14-26)20(28)18-7-5-8-18/h6,9,11,18H,4-5,7-8,10,12-17H2,1-3H3,(H,22,23). The average molecular weight is 389 g/mol. The predicted molar refractivity (Wildman–Crippen MR) is 113 cm³/mol. The molecule has 0 unspecified atom stereocenters. The van der Waals surface area contributed by atoms with Gasteiger partial charge in [0.15, 0.2) is 5.96 Å². The van der Waals surface area contributed by atoms with Gasteiger partial charge in [-0.05, 0) is 31.9 Å². The van der Waals surface area contributed by atoms with E-state index in [0.29, 0.717) is 11.8 Å². The molecule has 0 spiro atoms. The molecule has 0 aromatic carbocycles. The van der Waals surface area contributed by atoms with Crippen LogP contribution in [0.25, 0.3) is 0 Å². The van der Waals surface area contributed by atoms with Gasteiger partial charge in [-0.1, -0.05) is 6.42 Å². The number of piperazine rings is 1. The van der Waals surface area contributed by atoms with Gasteiger partial charge in [-0.3, -0.25) is 14.7 Å². The molecule has 1 aliphatic heterocycles. The Labute approximate surface area is 169 Å². The molecule has 0 atom stereocenters. The van der Waals surface area contributed by atoms with Gasteiger partial charge in [-0.15, -0.1) is 0 Å². The fourth-order valence-electron chi connectivity index (χ4n) is 3.85. The molecule has 0 bridgehead atoms. The predicted octanol–water partition coefficient (Wildman–Crippen LogP) is 1.37. The van der Waals surface area contributed by atoms with Crippen LogP contribution in [0, 0.1) is 5.92 Å². The van der Waals surface area contributed by atoms with E-state index in [1.54, 1.807) is 0 Å². The van der Waals surface area contributed by atoms with E-state index in [4.69, 9.17) is 4.99 Å². The normalized spacial score (nSPS) is 18.8. The van der Waals surface area contributed by atoms with Crippen LogP contribution < -0.4 is 5.32 Å². The Hall–Kier alpha value is -2.02. The van der Waals surface area contributed by atoms with Gasteiger partial charge in [-0.2, -0.15) is 0 Å². The number of guanidine groups is 1. The first-order chi connectivity index (χ1) is 13.6. The van der Waals surface area contributed by atoms with Crippen LogP contribution in [-0.2, 0) is 18.4 Å². The summed E-state index contributed by atoms with van der Waals surface area (Å²) in [5.74, 6) is 1.65. The Balaban J connectivity index is 1.43. The van der Waals surface area contributed by atoms with Crippen molar-refractivity contribution in [2.75, 3.05) is 52.9 Å². The molecule has 7 nitrogen and oxygen atoms in total. The highest BCUT2D eigenvalue weighted by Gasteiger charge is 2.30. The molecule has 1 aliphatic carbocycles.